The Morgan fingerprint density at radius 3 is 2.56 bits per heavy atom. The summed E-state index contributed by atoms with van der Waals surface area (Å²) in [5.74, 6) is -0.124. The van der Waals surface area contributed by atoms with Gasteiger partial charge in [-0.1, -0.05) is 23.8 Å². The molecule has 0 bridgehead atoms. The molecule has 0 saturated carbocycles. The van der Waals surface area contributed by atoms with E-state index in [-0.39, 0.29) is 17.9 Å². The Morgan fingerprint density at radius 2 is 1.88 bits per heavy atom. The topological polar surface area (TPSA) is 89.2 Å². The fourth-order valence-corrected chi connectivity index (χ4v) is 4.23. The molecule has 1 saturated heterocycles. The van der Waals surface area contributed by atoms with Crippen LogP contribution in [0.3, 0.4) is 0 Å². The number of Topliss-reactive ketones (excluding diaryl/α,β-unsaturated/α-hetero) is 1. The lowest BCUT2D eigenvalue weighted by atomic mass is 9.93. The number of ketones is 1. The van der Waals surface area contributed by atoms with E-state index in [4.69, 9.17) is 13.9 Å². The molecule has 1 N–H and O–H groups in total. The molecule has 3 aromatic rings. The minimum atomic E-state index is -0.838. The Balaban J connectivity index is 1.91. The van der Waals surface area contributed by atoms with Crippen molar-refractivity contribution in [2.24, 2.45) is 0 Å². The van der Waals surface area contributed by atoms with Crippen LogP contribution in [-0.4, -0.2) is 35.4 Å². The third kappa shape index (κ3) is 4.17. The number of benzene rings is 2. The van der Waals surface area contributed by atoms with Gasteiger partial charge in [0.15, 0.2) is 11.5 Å². The molecule has 0 spiro atoms. The number of aryl methyl sites for hydroxylation is 2. The third-order valence-electron chi connectivity index (χ3n) is 5.90. The quantitative estimate of drug-likeness (QED) is 0.305. The van der Waals surface area contributed by atoms with E-state index in [0.29, 0.717) is 35.0 Å². The number of amides is 1. The number of likely N-dealkylation sites (tertiary alicyclic amines) is 1. The summed E-state index contributed by atoms with van der Waals surface area (Å²) in [6.07, 6.45) is 1.51. The number of ether oxygens (including phenoxy) is 2. The highest BCUT2D eigenvalue weighted by molar-refractivity contribution is 6.46. The molecule has 2 heterocycles. The van der Waals surface area contributed by atoms with Gasteiger partial charge in [0.25, 0.3) is 11.7 Å². The van der Waals surface area contributed by atoms with E-state index in [9.17, 15) is 14.7 Å². The Labute approximate surface area is 198 Å². The lowest BCUT2D eigenvalue weighted by Crippen LogP contribution is -2.29. The molecule has 1 aliphatic rings. The van der Waals surface area contributed by atoms with Crippen molar-refractivity contribution in [1.82, 2.24) is 4.90 Å². The van der Waals surface area contributed by atoms with Crippen molar-refractivity contribution in [3.8, 4) is 11.5 Å². The van der Waals surface area contributed by atoms with Crippen LogP contribution in [0.25, 0.3) is 5.76 Å². The van der Waals surface area contributed by atoms with Crippen molar-refractivity contribution >= 4 is 17.4 Å². The summed E-state index contributed by atoms with van der Waals surface area (Å²) in [6, 6.07) is 13.5. The molecule has 2 aromatic carbocycles. The van der Waals surface area contributed by atoms with Gasteiger partial charge in [0.1, 0.15) is 11.5 Å². The van der Waals surface area contributed by atoms with Gasteiger partial charge < -0.3 is 23.9 Å². The first kappa shape index (κ1) is 23.2. The average Bonchev–Trinajstić information content (AvgIpc) is 3.43. The normalized spacial score (nSPS) is 17.3. The number of aliphatic hydroxyl groups is 1. The third-order valence-corrected chi connectivity index (χ3v) is 5.90. The summed E-state index contributed by atoms with van der Waals surface area (Å²) in [5.41, 5.74) is 2.87. The van der Waals surface area contributed by atoms with Gasteiger partial charge in [-0.25, -0.2) is 0 Å². The number of aliphatic hydroxyl groups excluding tert-OH is 1. The van der Waals surface area contributed by atoms with E-state index < -0.39 is 17.7 Å². The SMILES string of the molecule is CCOc1ccc(C2/C(=C(\O)c3cc(C)ccc3C)C(=O)C(=O)N2Cc2ccco2)cc1OC. The van der Waals surface area contributed by atoms with Crippen LogP contribution in [0.2, 0.25) is 0 Å². The summed E-state index contributed by atoms with van der Waals surface area (Å²) in [7, 11) is 1.53. The summed E-state index contributed by atoms with van der Waals surface area (Å²) in [6.45, 7) is 6.15. The second-order valence-electron chi connectivity index (χ2n) is 8.17. The van der Waals surface area contributed by atoms with E-state index in [1.54, 1.807) is 36.4 Å². The summed E-state index contributed by atoms with van der Waals surface area (Å²) in [5, 5.41) is 11.4. The molecule has 1 amide bonds. The minimum Gasteiger partial charge on any atom is -0.507 e. The van der Waals surface area contributed by atoms with Crippen molar-refractivity contribution in [1.29, 1.82) is 0 Å². The molecule has 1 aliphatic heterocycles. The van der Waals surface area contributed by atoms with Gasteiger partial charge in [-0.3, -0.25) is 9.59 Å². The maximum atomic E-state index is 13.3. The number of methoxy groups -OCH3 is 1. The van der Waals surface area contributed by atoms with Crippen molar-refractivity contribution in [3.05, 3.63) is 88.4 Å². The van der Waals surface area contributed by atoms with Gasteiger partial charge in [-0.15, -0.1) is 0 Å². The second-order valence-corrected chi connectivity index (χ2v) is 8.17. The molecule has 7 heteroatoms. The standard InChI is InChI=1S/C27H27NO6/c1-5-33-21-11-10-18(14-22(21)32-4)24-23(25(29)20-13-16(2)8-9-17(20)3)26(30)27(31)28(24)15-19-7-6-12-34-19/h6-14,24,29H,5,15H2,1-4H3/b25-23+. The molecule has 0 radical (unpaired) electrons. The monoisotopic (exact) mass is 461 g/mol. The fraction of sp³-hybridized carbons (Fsp3) is 0.259. The van der Waals surface area contributed by atoms with Crippen molar-refractivity contribution in [3.63, 3.8) is 0 Å². The van der Waals surface area contributed by atoms with Crippen LogP contribution in [0.15, 0.2) is 64.8 Å². The van der Waals surface area contributed by atoms with Crippen LogP contribution in [0.1, 0.15) is 41.0 Å². The number of carbonyl (C=O) groups excluding carboxylic acids is 2. The van der Waals surface area contributed by atoms with E-state index in [0.717, 1.165) is 11.1 Å². The first-order valence-electron chi connectivity index (χ1n) is 11.0. The lowest BCUT2D eigenvalue weighted by Gasteiger charge is -2.25. The minimum absolute atomic E-state index is 0.0245. The smallest absolute Gasteiger partial charge is 0.296 e. The van der Waals surface area contributed by atoms with Crippen LogP contribution in [-0.2, 0) is 16.1 Å². The van der Waals surface area contributed by atoms with Crippen LogP contribution in [0.4, 0.5) is 0 Å². The van der Waals surface area contributed by atoms with E-state index >= 15 is 0 Å². The van der Waals surface area contributed by atoms with Crippen LogP contribution in [0, 0.1) is 13.8 Å². The van der Waals surface area contributed by atoms with Gasteiger partial charge >= 0.3 is 0 Å². The number of hydrogen-bond donors (Lipinski definition) is 1. The first-order chi connectivity index (χ1) is 16.3. The van der Waals surface area contributed by atoms with E-state index in [1.165, 1.54) is 18.3 Å². The number of carbonyl (C=O) groups is 2. The zero-order valence-corrected chi connectivity index (χ0v) is 19.6. The molecule has 34 heavy (non-hydrogen) atoms. The number of furan rings is 1. The van der Waals surface area contributed by atoms with Gasteiger partial charge in [0, 0.05) is 5.56 Å². The van der Waals surface area contributed by atoms with Crippen molar-refractivity contribution in [2.45, 2.75) is 33.4 Å². The first-order valence-corrected chi connectivity index (χ1v) is 11.0. The Hall–Kier alpha value is -4.00. The number of rotatable bonds is 7. The van der Waals surface area contributed by atoms with Crippen LogP contribution >= 0.6 is 0 Å². The largest absolute Gasteiger partial charge is 0.507 e. The molecule has 176 valence electrons. The maximum absolute atomic E-state index is 13.3. The van der Waals surface area contributed by atoms with Gasteiger partial charge in [-0.2, -0.15) is 0 Å². The van der Waals surface area contributed by atoms with Crippen molar-refractivity contribution in [2.75, 3.05) is 13.7 Å². The Bertz CT molecular complexity index is 1260. The highest BCUT2D eigenvalue weighted by Gasteiger charge is 2.46. The molecule has 0 aliphatic carbocycles. The second kappa shape index (κ2) is 9.47. The predicted molar refractivity (Wildman–Crippen MR) is 127 cm³/mol. The van der Waals surface area contributed by atoms with E-state index in [2.05, 4.69) is 0 Å². The highest BCUT2D eigenvalue weighted by atomic mass is 16.5. The molecule has 1 fully saturated rings. The summed E-state index contributed by atoms with van der Waals surface area (Å²) >= 11 is 0. The Morgan fingerprint density at radius 1 is 1.09 bits per heavy atom. The maximum Gasteiger partial charge on any atom is 0.296 e. The lowest BCUT2D eigenvalue weighted by molar-refractivity contribution is -0.140. The van der Waals surface area contributed by atoms with Crippen LogP contribution < -0.4 is 9.47 Å². The van der Waals surface area contributed by atoms with Gasteiger partial charge in [0.05, 0.1) is 38.1 Å². The summed E-state index contributed by atoms with van der Waals surface area (Å²) in [4.78, 5) is 27.8. The predicted octanol–water partition coefficient (Wildman–Crippen LogP) is 4.93. The highest BCUT2D eigenvalue weighted by Crippen LogP contribution is 2.43. The van der Waals surface area contributed by atoms with E-state index in [1.807, 2.05) is 32.9 Å². The number of hydrogen-bond acceptors (Lipinski definition) is 6. The van der Waals surface area contributed by atoms with Gasteiger partial charge in [0.2, 0.25) is 0 Å². The fourth-order valence-electron chi connectivity index (χ4n) is 4.23. The zero-order valence-electron chi connectivity index (χ0n) is 19.6. The molecular formula is C27H27NO6. The molecule has 4 rings (SSSR count). The zero-order chi connectivity index (χ0) is 24.4. The van der Waals surface area contributed by atoms with Crippen LogP contribution in [0.5, 0.6) is 11.5 Å². The number of nitrogens with zero attached hydrogens (tertiary/aromatic N) is 1. The van der Waals surface area contributed by atoms with Crippen molar-refractivity contribution < 1.29 is 28.6 Å². The average molecular weight is 462 g/mol. The molecule has 1 aromatic heterocycles. The summed E-state index contributed by atoms with van der Waals surface area (Å²) < 4.78 is 16.6. The Kier molecular flexibility index (Phi) is 6.45. The van der Waals surface area contributed by atoms with Gasteiger partial charge in [-0.05, 0) is 62.2 Å². The molecule has 7 nitrogen and oxygen atoms in total. The molecular weight excluding hydrogens is 434 g/mol. The molecule has 1 atom stereocenters. The molecule has 1 unspecified atom stereocenters.